The number of hydrogen-bond donors (Lipinski definition) is 0. The zero-order valence-electron chi connectivity index (χ0n) is 33.8. The molecule has 0 saturated heterocycles. The second kappa shape index (κ2) is 14.4. The molecule has 0 amide bonds. The maximum absolute atomic E-state index is 2.42. The average molecular weight is 766 g/mol. The van der Waals surface area contributed by atoms with Crippen molar-refractivity contribution < 1.29 is 0 Å². The molecule has 0 spiro atoms. The van der Waals surface area contributed by atoms with E-state index in [1.54, 1.807) is 0 Å². The summed E-state index contributed by atoms with van der Waals surface area (Å²) in [6, 6.07) is 80.0. The van der Waals surface area contributed by atoms with Crippen LogP contribution in [0.2, 0.25) is 0 Å². The van der Waals surface area contributed by atoms with E-state index >= 15 is 0 Å². The van der Waals surface area contributed by atoms with Gasteiger partial charge in [0.2, 0.25) is 0 Å². The molecule has 0 bridgehead atoms. The first-order valence-corrected chi connectivity index (χ1v) is 20.9. The Morgan fingerprint density at radius 3 is 1.47 bits per heavy atom. The second-order valence-electron chi connectivity index (χ2n) is 16.6. The summed E-state index contributed by atoms with van der Waals surface area (Å²) in [4.78, 5) is 0. The van der Waals surface area contributed by atoms with Crippen molar-refractivity contribution >= 4 is 33.5 Å². The zero-order valence-corrected chi connectivity index (χ0v) is 33.8. The van der Waals surface area contributed by atoms with Crippen LogP contribution in [0.5, 0.6) is 0 Å². The Hall–Kier alpha value is -7.48. The molecular formula is C59H43N. The van der Waals surface area contributed by atoms with Crippen LogP contribution in [-0.4, -0.2) is 4.57 Å². The summed E-state index contributed by atoms with van der Waals surface area (Å²) >= 11 is 0. The molecule has 1 aromatic heterocycles. The van der Waals surface area contributed by atoms with Gasteiger partial charge in [-0.25, -0.2) is 0 Å². The number of rotatable bonds is 7. The van der Waals surface area contributed by atoms with Gasteiger partial charge in [0.25, 0.3) is 0 Å². The second-order valence-corrected chi connectivity index (χ2v) is 16.6. The first-order chi connectivity index (χ1) is 29.5. The molecule has 0 unspecified atom stereocenters. The first-order valence-electron chi connectivity index (χ1n) is 20.9. The Morgan fingerprint density at radius 2 is 0.867 bits per heavy atom. The van der Waals surface area contributed by atoms with Crippen molar-refractivity contribution in [3.05, 3.63) is 246 Å². The molecule has 0 saturated carbocycles. The van der Waals surface area contributed by atoms with E-state index in [2.05, 4.69) is 243 Å². The molecule has 1 nitrogen and oxygen atoms in total. The van der Waals surface area contributed by atoms with Crippen molar-refractivity contribution in [2.75, 3.05) is 0 Å². The third-order valence-corrected chi connectivity index (χ3v) is 12.6. The van der Waals surface area contributed by atoms with Gasteiger partial charge in [-0.05, 0) is 133 Å². The number of benzene rings is 9. The monoisotopic (exact) mass is 765 g/mol. The quantitative estimate of drug-likeness (QED) is 0.142. The molecule has 0 N–H and O–H groups in total. The van der Waals surface area contributed by atoms with Crippen LogP contribution in [0.3, 0.4) is 0 Å². The first kappa shape index (κ1) is 35.7. The fourth-order valence-electron chi connectivity index (χ4n) is 9.54. The van der Waals surface area contributed by atoms with Crippen molar-refractivity contribution in [1.29, 1.82) is 0 Å². The van der Waals surface area contributed by atoms with Gasteiger partial charge in [0.1, 0.15) is 0 Å². The lowest BCUT2D eigenvalue weighted by atomic mass is 9.82. The number of para-hydroxylation sites is 2. The summed E-state index contributed by atoms with van der Waals surface area (Å²) in [5, 5.41) is 2.54. The molecule has 0 atom stereocenters. The lowest BCUT2D eigenvalue weighted by Crippen LogP contribution is -2.14. The van der Waals surface area contributed by atoms with Crippen LogP contribution in [0.25, 0.3) is 83.6 Å². The summed E-state index contributed by atoms with van der Waals surface area (Å²) in [5.41, 5.74) is 20.9. The van der Waals surface area contributed by atoms with Crippen molar-refractivity contribution in [3.63, 3.8) is 0 Å². The van der Waals surface area contributed by atoms with Crippen LogP contribution in [-0.2, 0) is 5.41 Å². The normalized spacial score (nSPS) is 13.1. The highest BCUT2D eigenvalue weighted by atomic mass is 15.0. The van der Waals surface area contributed by atoms with Crippen LogP contribution < -0.4 is 0 Å². The third-order valence-electron chi connectivity index (χ3n) is 12.6. The van der Waals surface area contributed by atoms with Gasteiger partial charge in [0.15, 0.2) is 0 Å². The Labute approximate surface area is 352 Å². The van der Waals surface area contributed by atoms with Gasteiger partial charge >= 0.3 is 0 Å². The van der Waals surface area contributed by atoms with Gasteiger partial charge in [-0.3, -0.25) is 0 Å². The minimum Gasteiger partial charge on any atom is -0.309 e. The maximum atomic E-state index is 2.42. The van der Waals surface area contributed by atoms with Crippen molar-refractivity contribution in [2.45, 2.75) is 19.3 Å². The van der Waals surface area contributed by atoms with Crippen LogP contribution in [0.4, 0.5) is 0 Å². The van der Waals surface area contributed by atoms with E-state index in [4.69, 9.17) is 0 Å². The fourth-order valence-corrected chi connectivity index (χ4v) is 9.54. The summed E-state index contributed by atoms with van der Waals surface area (Å²) in [5.74, 6) is 0. The van der Waals surface area contributed by atoms with Crippen molar-refractivity contribution in [3.8, 4) is 50.2 Å². The number of fused-ring (bicyclic) bond motifs is 6. The van der Waals surface area contributed by atoms with Gasteiger partial charge in [0, 0.05) is 21.9 Å². The molecule has 1 aliphatic carbocycles. The van der Waals surface area contributed by atoms with E-state index in [1.807, 2.05) is 0 Å². The summed E-state index contributed by atoms with van der Waals surface area (Å²) in [7, 11) is 0. The lowest BCUT2D eigenvalue weighted by molar-refractivity contribution is 0.660. The summed E-state index contributed by atoms with van der Waals surface area (Å²) < 4.78 is 2.38. The van der Waals surface area contributed by atoms with E-state index in [0.717, 1.165) is 11.3 Å². The van der Waals surface area contributed by atoms with E-state index in [1.165, 1.54) is 94.1 Å². The molecule has 60 heavy (non-hydrogen) atoms. The third kappa shape index (κ3) is 6.10. The van der Waals surface area contributed by atoms with Crippen LogP contribution >= 0.6 is 0 Å². The number of aromatic nitrogens is 1. The Balaban J connectivity index is 1.03. The molecule has 0 fully saturated rings. The van der Waals surface area contributed by atoms with Gasteiger partial charge < -0.3 is 4.57 Å². The van der Waals surface area contributed by atoms with E-state index < -0.39 is 0 Å². The van der Waals surface area contributed by atoms with Gasteiger partial charge in [-0.15, -0.1) is 0 Å². The Morgan fingerprint density at radius 1 is 0.383 bits per heavy atom. The minimum absolute atomic E-state index is 0.0501. The summed E-state index contributed by atoms with van der Waals surface area (Å²) in [6.07, 6.45) is 2.36. The molecule has 1 heterocycles. The zero-order chi connectivity index (χ0) is 40.2. The van der Waals surface area contributed by atoms with E-state index in [0.29, 0.717) is 0 Å². The molecule has 1 heteroatoms. The van der Waals surface area contributed by atoms with Crippen LogP contribution in [0.1, 0.15) is 41.7 Å². The number of nitrogens with zero attached hydrogens (tertiary/aromatic N) is 1. The van der Waals surface area contributed by atoms with E-state index in [9.17, 15) is 0 Å². The standard InChI is InChI=1S/C59H43N/c1-59(2)55-22-12-9-19-50(55)54-39-45(31-34-56(54)59)53(35-40-25-32-49(33-26-40)60-57-23-13-10-20-51(57)52-21-11-14-24-58(52)60)44-29-27-43(28-30-44)48-37-46(41-15-5-3-6-16-41)36-47(38-48)42-17-7-4-8-18-42/h3-39H,1-2H3. The smallest absolute Gasteiger partial charge is 0.0541 e. The molecule has 11 rings (SSSR count). The molecule has 284 valence electrons. The molecule has 0 aliphatic heterocycles. The molecular weight excluding hydrogens is 723 g/mol. The van der Waals surface area contributed by atoms with Crippen molar-refractivity contribution in [1.82, 2.24) is 4.57 Å². The SMILES string of the molecule is CC1(C)c2ccccc2-c2cc(C(=Cc3ccc(-n4c5ccccc5c5ccccc54)cc3)c3ccc(-c4cc(-c5ccccc5)cc(-c5ccccc5)c4)cc3)ccc21. The average Bonchev–Trinajstić information content (AvgIpc) is 3.77. The maximum Gasteiger partial charge on any atom is 0.0541 e. The molecule has 1 aliphatic rings. The van der Waals surface area contributed by atoms with Crippen LogP contribution in [0, 0.1) is 0 Å². The molecule has 9 aromatic carbocycles. The number of hydrogen-bond acceptors (Lipinski definition) is 0. The van der Waals surface area contributed by atoms with Gasteiger partial charge in [-0.1, -0.05) is 184 Å². The Kier molecular flexibility index (Phi) is 8.57. The fraction of sp³-hybridized carbons (Fsp3) is 0.0508. The summed E-state index contributed by atoms with van der Waals surface area (Å²) in [6.45, 7) is 4.70. The minimum atomic E-state index is -0.0501. The Bertz CT molecular complexity index is 3120. The van der Waals surface area contributed by atoms with E-state index in [-0.39, 0.29) is 5.41 Å². The highest BCUT2D eigenvalue weighted by molar-refractivity contribution is 6.09. The highest BCUT2D eigenvalue weighted by Crippen LogP contribution is 2.49. The topological polar surface area (TPSA) is 4.93 Å². The molecule has 0 radical (unpaired) electrons. The lowest BCUT2D eigenvalue weighted by Gasteiger charge is -2.21. The van der Waals surface area contributed by atoms with Crippen molar-refractivity contribution in [2.24, 2.45) is 0 Å². The highest BCUT2D eigenvalue weighted by Gasteiger charge is 2.35. The largest absolute Gasteiger partial charge is 0.309 e. The predicted octanol–water partition coefficient (Wildman–Crippen LogP) is 15.7. The molecule has 10 aromatic rings. The van der Waals surface area contributed by atoms with Crippen LogP contribution in [0.15, 0.2) is 218 Å². The predicted molar refractivity (Wildman–Crippen MR) is 255 cm³/mol. The van der Waals surface area contributed by atoms with Gasteiger partial charge in [0.05, 0.1) is 11.0 Å². The van der Waals surface area contributed by atoms with Gasteiger partial charge in [-0.2, -0.15) is 0 Å².